The van der Waals surface area contributed by atoms with Gasteiger partial charge in [-0.2, -0.15) is 0 Å². The lowest BCUT2D eigenvalue weighted by Gasteiger charge is -2.14. The van der Waals surface area contributed by atoms with Crippen LogP contribution in [0.4, 0.5) is 0 Å². The predicted octanol–water partition coefficient (Wildman–Crippen LogP) is 4.05. The SMILES string of the molecule is COc1cc(C)cc(C)c1-c1c(C(=O)O)csc1C. The van der Waals surface area contributed by atoms with Crippen molar-refractivity contribution in [2.24, 2.45) is 0 Å². The van der Waals surface area contributed by atoms with Crippen molar-refractivity contribution in [1.29, 1.82) is 0 Å². The number of thiophene rings is 1. The van der Waals surface area contributed by atoms with E-state index in [1.807, 2.05) is 32.9 Å². The number of methoxy groups -OCH3 is 1. The van der Waals surface area contributed by atoms with Crippen LogP contribution in [0.5, 0.6) is 5.75 Å². The molecule has 1 heterocycles. The molecule has 100 valence electrons. The Morgan fingerprint density at radius 3 is 2.47 bits per heavy atom. The van der Waals surface area contributed by atoms with Gasteiger partial charge in [0.25, 0.3) is 0 Å². The second-order valence-electron chi connectivity index (χ2n) is 4.54. The Morgan fingerprint density at radius 1 is 1.21 bits per heavy atom. The molecule has 1 N–H and O–H groups in total. The van der Waals surface area contributed by atoms with Crippen molar-refractivity contribution in [3.63, 3.8) is 0 Å². The van der Waals surface area contributed by atoms with E-state index in [0.717, 1.165) is 32.9 Å². The van der Waals surface area contributed by atoms with Crippen molar-refractivity contribution in [3.05, 3.63) is 39.1 Å². The third-order valence-corrected chi connectivity index (χ3v) is 4.03. The van der Waals surface area contributed by atoms with Gasteiger partial charge in [-0.1, -0.05) is 6.07 Å². The Labute approximate surface area is 116 Å². The number of hydrogen-bond acceptors (Lipinski definition) is 3. The molecule has 19 heavy (non-hydrogen) atoms. The lowest BCUT2D eigenvalue weighted by atomic mass is 9.95. The van der Waals surface area contributed by atoms with Gasteiger partial charge >= 0.3 is 5.97 Å². The van der Waals surface area contributed by atoms with E-state index in [1.54, 1.807) is 12.5 Å². The highest BCUT2D eigenvalue weighted by Gasteiger charge is 2.21. The first-order valence-corrected chi connectivity index (χ1v) is 6.80. The van der Waals surface area contributed by atoms with Gasteiger partial charge in [-0.15, -0.1) is 11.3 Å². The fourth-order valence-corrected chi connectivity index (χ4v) is 3.18. The van der Waals surface area contributed by atoms with Gasteiger partial charge in [-0.3, -0.25) is 0 Å². The fourth-order valence-electron chi connectivity index (χ4n) is 2.33. The second-order valence-corrected chi connectivity index (χ2v) is 5.63. The van der Waals surface area contributed by atoms with Crippen LogP contribution in [0, 0.1) is 20.8 Å². The van der Waals surface area contributed by atoms with Crippen LogP contribution in [0.2, 0.25) is 0 Å². The van der Waals surface area contributed by atoms with E-state index in [1.165, 1.54) is 11.3 Å². The molecule has 0 aliphatic carbocycles. The predicted molar refractivity (Wildman–Crippen MR) is 77.5 cm³/mol. The molecular formula is C15H16O3S. The zero-order valence-electron chi connectivity index (χ0n) is 11.4. The molecule has 1 aromatic carbocycles. The quantitative estimate of drug-likeness (QED) is 0.920. The molecule has 0 spiro atoms. The summed E-state index contributed by atoms with van der Waals surface area (Å²) in [5, 5.41) is 11.0. The number of aromatic carboxylic acids is 1. The van der Waals surface area contributed by atoms with Crippen molar-refractivity contribution in [2.75, 3.05) is 7.11 Å². The standard InChI is InChI=1S/C15H16O3S/c1-8-5-9(2)13(12(6-8)18-4)14-10(3)19-7-11(14)15(16)17/h5-7H,1-4H3,(H,16,17). The summed E-state index contributed by atoms with van der Waals surface area (Å²) < 4.78 is 5.43. The summed E-state index contributed by atoms with van der Waals surface area (Å²) in [5.41, 5.74) is 4.12. The molecule has 0 bridgehead atoms. The maximum absolute atomic E-state index is 11.4. The van der Waals surface area contributed by atoms with Crippen LogP contribution in [-0.2, 0) is 0 Å². The fraction of sp³-hybridized carbons (Fsp3) is 0.267. The van der Waals surface area contributed by atoms with Gasteiger partial charge in [0.2, 0.25) is 0 Å². The number of carbonyl (C=O) groups is 1. The van der Waals surface area contributed by atoms with Crippen molar-refractivity contribution in [3.8, 4) is 16.9 Å². The molecule has 3 nitrogen and oxygen atoms in total. The van der Waals surface area contributed by atoms with E-state index in [0.29, 0.717) is 5.56 Å². The normalized spacial score (nSPS) is 10.5. The van der Waals surface area contributed by atoms with Gasteiger partial charge in [0.1, 0.15) is 5.75 Å². The summed E-state index contributed by atoms with van der Waals surface area (Å²) in [6, 6.07) is 3.98. The third-order valence-electron chi connectivity index (χ3n) is 3.12. The van der Waals surface area contributed by atoms with E-state index in [-0.39, 0.29) is 0 Å². The Balaban J connectivity index is 2.79. The first kappa shape index (κ1) is 13.6. The molecule has 4 heteroatoms. The van der Waals surface area contributed by atoms with Crippen molar-refractivity contribution >= 4 is 17.3 Å². The lowest BCUT2D eigenvalue weighted by molar-refractivity contribution is 0.0698. The average Bonchev–Trinajstić information content (AvgIpc) is 2.70. The molecule has 0 saturated heterocycles. The lowest BCUT2D eigenvalue weighted by Crippen LogP contribution is -2.00. The van der Waals surface area contributed by atoms with Gasteiger partial charge < -0.3 is 9.84 Å². The zero-order chi connectivity index (χ0) is 14.2. The minimum absolute atomic E-state index is 0.341. The third kappa shape index (κ3) is 2.36. The number of rotatable bonds is 3. The van der Waals surface area contributed by atoms with E-state index >= 15 is 0 Å². The van der Waals surface area contributed by atoms with Crippen LogP contribution in [0.1, 0.15) is 26.4 Å². The largest absolute Gasteiger partial charge is 0.496 e. The summed E-state index contributed by atoms with van der Waals surface area (Å²) in [5.74, 6) is -0.178. The Morgan fingerprint density at radius 2 is 1.89 bits per heavy atom. The minimum atomic E-state index is -0.902. The van der Waals surface area contributed by atoms with Crippen molar-refractivity contribution in [2.45, 2.75) is 20.8 Å². The summed E-state index contributed by atoms with van der Waals surface area (Å²) in [6.45, 7) is 5.91. The van der Waals surface area contributed by atoms with Crippen LogP contribution < -0.4 is 4.74 Å². The molecule has 0 fully saturated rings. The molecule has 0 aliphatic rings. The highest BCUT2D eigenvalue weighted by Crippen LogP contribution is 2.40. The van der Waals surface area contributed by atoms with Gasteiger partial charge in [0.05, 0.1) is 12.7 Å². The van der Waals surface area contributed by atoms with E-state index in [9.17, 15) is 9.90 Å². The molecular weight excluding hydrogens is 260 g/mol. The highest BCUT2D eigenvalue weighted by atomic mass is 32.1. The van der Waals surface area contributed by atoms with Crippen molar-refractivity contribution < 1.29 is 14.6 Å². The topological polar surface area (TPSA) is 46.5 Å². The summed E-state index contributed by atoms with van der Waals surface area (Å²) >= 11 is 1.45. The second kappa shape index (κ2) is 5.05. The van der Waals surface area contributed by atoms with Crippen molar-refractivity contribution in [1.82, 2.24) is 0 Å². The van der Waals surface area contributed by atoms with Gasteiger partial charge in [-0.25, -0.2) is 4.79 Å². The highest BCUT2D eigenvalue weighted by molar-refractivity contribution is 7.10. The van der Waals surface area contributed by atoms with Gasteiger partial charge in [-0.05, 0) is 38.0 Å². The smallest absolute Gasteiger partial charge is 0.337 e. The van der Waals surface area contributed by atoms with E-state index in [2.05, 4.69) is 0 Å². The van der Waals surface area contributed by atoms with Crippen LogP contribution in [0.3, 0.4) is 0 Å². The number of carboxylic acid groups (broad SMARTS) is 1. The molecule has 0 unspecified atom stereocenters. The summed E-state index contributed by atoms with van der Waals surface area (Å²) in [6.07, 6.45) is 0. The summed E-state index contributed by atoms with van der Waals surface area (Å²) in [4.78, 5) is 12.3. The number of carboxylic acids is 1. The average molecular weight is 276 g/mol. The first-order chi connectivity index (χ1) is 8.95. The first-order valence-electron chi connectivity index (χ1n) is 5.92. The molecule has 0 aliphatic heterocycles. The number of ether oxygens (including phenoxy) is 1. The molecule has 0 saturated carbocycles. The Kier molecular flexibility index (Phi) is 3.62. The Bertz CT molecular complexity index is 641. The number of hydrogen-bond donors (Lipinski definition) is 1. The van der Waals surface area contributed by atoms with Crippen LogP contribution >= 0.6 is 11.3 Å². The van der Waals surface area contributed by atoms with Gasteiger partial charge in [0, 0.05) is 21.4 Å². The van der Waals surface area contributed by atoms with E-state index < -0.39 is 5.97 Å². The maximum atomic E-state index is 11.4. The van der Waals surface area contributed by atoms with Gasteiger partial charge in [0.15, 0.2) is 0 Å². The molecule has 2 rings (SSSR count). The monoisotopic (exact) mass is 276 g/mol. The number of benzene rings is 1. The molecule has 1 aromatic heterocycles. The van der Waals surface area contributed by atoms with Crippen LogP contribution in [0.15, 0.2) is 17.5 Å². The number of aryl methyl sites for hydroxylation is 3. The molecule has 0 amide bonds. The van der Waals surface area contributed by atoms with Crippen LogP contribution in [0.25, 0.3) is 11.1 Å². The molecule has 2 aromatic rings. The summed E-state index contributed by atoms with van der Waals surface area (Å²) in [7, 11) is 1.61. The van der Waals surface area contributed by atoms with Crippen LogP contribution in [-0.4, -0.2) is 18.2 Å². The maximum Gasteiger partial charge on any atom is 0.337 e. The van der Waals surface area contributed by atoms with E-state index in [4.69, 9.17) is 4.74 Å². The minimum Gasteiger partial charge on any atom is -0.496 e. The molecule has 0 radical (unpaired) electrons. The molecule has 0 atom stereocenters. The Hall–Kier alpha value is -1.81. The zero-order valence-corrected chi connectivity index (χ0v) is 12.2.